The maximum absolute atomic E-state index is 12.8. The van der Waals surface area contributed by atoms with Gasteiger partial charge in [0.05, 0.1) is 0 Å². The first-order valence-electron chi connectivity index (χ1n) is 6.89. The maximum Gasteiger partial charge on any atom is 0.238 e. The molecule has 0 aliphatic rings. The van der Waals surface area contributed by atoms with Crippen LogP contribution in [0.25, 0.3) is 0 Å². The maximum atomic E-state index is 12.8. The Labute approximate surface area is 144 Å². The summed E-state index contributed by atoms with van der Waals surface area (Å²) in [5.74, 6) is -0.512. The lowest BCUT2D eigenvalue weighted by atomic mass is 10.1. The standard InChI is InChI=1S/C16H15ClFN3OS/c17-12-2-1-3-14(10-12)19-16(23)21-20-15(22)9-6-11-4-7-13(18)8-5-11/h1-5,7-8,10H,6,9H2,(H,20,22)(H2,19,21,23). The van der Waals surface area contributed by atoms with Gasteiger partial charge in [0.2, 0.25) is 5.91 Å². The largest absolute Gasteiger partial charge is 0.331 e. The van der Waals surface area contributed by atoms with E-state index in [4.69, 9.17) is 23.8 Å². The molecule has 0 bridgehead atoms. The van der Waals surface area contributed by atoms with Crippen LogP contribution in [0.5, 0.6) is 0 Å². The number of hydrogen-bond donors (Lipinski definition) is 3. The SMILES string of the molecule is O=C(CCc1ccc(F)cc1)NNC(=S)Nc1cccc(Cl)c1. The number of aryl methyl sites for hydroxylation is 1. The molecule has 0 aromatic heterocycles. The smallest absolute Gasteiger partial charge is 0.238 e. The number of hydrogen-bond acceptors (Lipinski definition) is 2. The van der Waals surface area contributed by atoms with Gasteiger partial charge in [-0.3, -0.25) is 15.6 Å². The highest BCUT2D eigenvalue weighted by Crippen LogP contribution is 2.14. The summed E-state index contributed by atoms with van der Waals surface area (Å²) >= 11 is 10.9. The monoisotopic (exact) mass is 351 g/mol. The molecule has 0 fully saturated rings. The Balaban J connectivity index is 1.71. The number of carbonyl (C=O) groups is 1. The van der Waals surface area contributed by atoms with Crippen LogP contribution >= 0.6 is 23.8 Å². The van der Waals surface area contributed by atoms with Gasteiger partial charge in [-0.25, -0.2) is 4.39 Å². The summed E-state index contributed by atoms with van der Waals surface area (Å²) in [7, 11) is 0. The molecule has 0 atom stereocenters. The number of amides is 1. The van der Waals surface area contributed by atoms with Crippen LogP contribution in [-0.4, -0.2) is 11.0 Å². The molecule has 0 radical (unpaired) electrons. The van der Waals surface area contributed by atoms with Gasteiger partial charge >= 0.3 is 0 Å². The van der Waals surface area contributed by atoms with Crippen LogP contribution in [0.2, 0.25) is 5.02 Å². The van der Waals surface area contributed by atoms with E-state index in [2.05, 4.69) is 16.2 Å². The Bertz CT molecular complexity index is 694. The first-order valence-corrected chi connectivity index (χ1v) is 7.67. The number of carbonyl (C=O) groups excluding carboxylic acids is 1. The summed E-state index contributed by atoms with van der Waals surface area (Å²) in [6, 6.07) is 13.1. The van der Waals surface area contributed by atoms with Gasteiger partial charge < -0.3 is 5.32 Å². The molecule has 23 heavy (non-hydrogen) atoms. The zero-order valence-corrected chi connectivity index (χ0v) is 13.7. The third kappa shape index (κ3) is 6.22. The Morgan fingerprint density at radius 2 is 1.87 bits per heavy atom. The van der Waals surface area contributed by atoms with E-state index in [0.29, 0.717) is 11.4 Å². The van der Waals surface area contributed by atoms with E-state index in [9.17, 15) is 9.18 Å². The summed E-state index contributed by atoms with van der Waals surface area (Å²) in [5.41, 5.74) is 6.72. The van der Waals surface area contributed by atoms with Gasteiger partial charge in [0.25, 0.3) is 0 Å². The van der Waals surface area contributed by atoms with Crippen LogP contribution in [0.1, 0.15) is 12.0 Å². The highest BCUT2D eigenvalue weighted by Gasteiger charge is 2.04. The number of anilines is 1. The zero-order valence-electron chi connectivity index (χ0n) is 12.1. The first kappa shape index (κ1) is 17.2. The molecular weight excluding hydrogens is 337 g/mol. The van der Waals surface area contributed by atoms with Gasteiger partial charge in [-0.2, -0.15) is 0 Å². The topological polar surface area (TPSA) is 53.2 Å². The van der Waals surface area contributed by atoms with Crippen molar-refractivity contribution in [3.05, 3.63) is 64.9 Å². The van der Waals surface area contributed by atoms with Gasteiger partial charge in [0.15, 0.2) is 5.11 Å². The van der Waals surface area contributed by atoms with Gasteiger partial charge in [-0.1, -0.05) is 29.8 Å². The molecule has 3 N–H and O–H groups in total. The van der Waals surface area contributed by atoms with Gasteiger partial charge in [-0.05, 0) is 54.5 Å². The number of hydrazine groups is 1. The fraction of sp³-hybridized carbons (Fsp3) is 0.125. The third-order valence-electron chi connectivity index (χ3n) is 2.95. The van der Waals surface area contributed by atoms with E-state index in [1.54, 1.807) is 36.4 Å². The lowest BCUT2D eigenvalue weighted by Crippen LogP contribution is -2.43. The van der Waals surface area contributed by atoms with Crippen molar-refractivity contribution in [1.29, 1.82) is 0 Å². The molecular formula is C16H15ClFN3OS. The molecule has 2 aromatic rings. The molecule has 4 nitrogen and oxygen atoms in total. The van der Waals surface area contributed by atoms with Crippen molar-refractivity contribution < 1.29 is 9.18 Å². The molecule has 0 saturated carbocycles. The van der Waals surface area contributed by atoms with Crippen molar-refractivity contribution in [2.45, 2.75) is 12.8 Å². The van der Waals surface area contributed by atoms with Crippen LogP contribution in [0, 0.1) is 5.82 Å². The van der Waals surface area contributed by atoms with E-state index < -0.39 is 0 Å². The van der Waals surface area contributed by atoms with Gasteiger partial charge in [0, 0.05) is 17.1 Å². The Morgan fingerprint density at radius 3 is 2.57 bits per heavy atom. The van der Waals surface area contributed by atoms with Crippen molar-refractivity contribution in [3.8, 4) is 0 Å². The minimum atomic E-state index is -0.294. The predicted molar refractivity (Wildman–Crippen MR) is 93.7 cm³/mol. The minimum Gasteiger partial charge on any atom is -0.331 e. The first-order chi connectivity index (χ1) is 11.0. The van der Waals surface area contributed by atoms with Crippen LogP contribution < -0.4 is 16.2 Å². The van der Waals surface area contributed by atoms with Crippen LogP contribution in [-0.2, 0) is 11.2 Å². The lowest BCUT2D eigenvalue weighted by molar-refractivity contribution is -0.121. The molecule has 0 aliphatic carbocycles. The quantitative estimate of drug-likeness (QED) is 0.583. The van der Waals surface area contributed by atoms with Gasteiger partial charge in [0.1, 0.15) is 5.82 Å². The summed E-state index contributed by atoms with van der Waals surface area (Å²) in [4.78, 5) is 11.7. The Kier molecular flexibility index (Phi) is 6.31. The lowest BCUT2D eigenvalue weighted by Gasteiger charge is -2.11. The second-order valence-electron chi connectivity index (χ2n) is 4.76. The molecule has 0 saturated heterocycles. The second-order valence-corrected chi connectivity index (χ2v) is 5.61. The molecule has 0 aliphatic heterocycles. The van der Waals surface area contributed by atoms with Crippen molar-refractivity contribution in [2.24, 2.45) is 0 Å². The van der Waals surface area contributed by atoms with E-state index in [-0.39, 0.29) is 23.3 Å². The molecule has 2 rings (SSSR count). The van der Waals surface area contributed by atoms with Crippen molar-refractivity contribution in [1.82, 2.24) is 10.9 Å². The normalized spacial score (nSPS) is 10.0. The molecule has 0 heterocycles. The van der Waals surface area contributed by atoms with Gasteiger partial charge in [-0.15, -0.1) is 0 Å². The molecule has 120 valence electrons. The summed E-state index contributed by atoms with van der Waals surface area (Å²) < 4.78 is 12.8. The van der Waals surface area contributed by atoms with Crippen LogP contribution in [0.4, 0.5) is 10.1 Å². The number of nitrogens with one attached hydrogen (secondary N) is 3. The predicted octanol–water partition coefficient (Wildman–Crippen LogP) is 3.43. The fourth-order valence-electron chi connectivity index (χ4n) is 1.83. The summed E-state index contributed by atoms with van der Waals surface area (Å²) in [6.07, 6.45) is 0.778. The van der Waals surface area contributed by atoms with Crippen molar-refractivity contribution >= 4 is 40.5 Å². The molecule has 0 spiro atoms. The number of benzene rings is 2. The fourth-order valence-corrected chi connectivity index (χ4v) is 2.19. The van der Waals surface area contributed by atoms with E-state index in [1.807, 2.05) is 0 Å². The van der Waals surface area contributed by atoms with E-state index in [1.165, 1.54) is 12.1 Å². The molecule has 1 amide bonds. The van der Waals surface area contributed by atoms with Crippen LogP contribution in [0.3, 0.4) is 0 Å². The van der Waals surface area contributed by atoms with Crippen molar-refractivity contribution in [2.75, 3.05) is 5.32 Å². The average molecular weight is 352 g/mol. The van der Waals surface area contributed by atoms with E-state index in [0.717, 1.165) is 11.3 Å². The molecule has 7 heteroatoms. The minimum absolute atomic E-state index is 0.218. The molecule has 0 unspecified atom stereocenters. The third-order valence-corrected chi connectivity index (χ3v) is 3.39. The molecule has 2 aromatic carbocycles. The Hall–Kier alpha value is -2.18. The Morgan fingerprint density at radius 1 is 1.13 bits per heavy atom. The zero-order chi connectivity index (χ0) is 16.7. The number of rotatable bonds is 4. The van der Waals surface area contributed by atoms with Crippen molar-refractivity contribution in [3.63, 3.8) is 0 Å². The number of halogens is 2. The van der Waals surface area contributed by atoms with Crippen LogP contribution in [0.15, 0.2) is 48.5 Å². The summed E-state index contributed by atoms with van der Waals surface area (Å²) in [6.45, 7) is 0. The highest BCUT2D eigenvalue weighted by atomic mass is 35.5. The van der Waals surface area contributed by atoms with E-state index >= 15 is 0 Å². The average Bonchev–Trinajstić information content (AvgIpc) is 2.52. The second kappa shape index (κ2) is 8.45. The number of thiocarbonyl (C=S) groups is 1. The summed E-state index contributed by atoms with van der Waals surface area (Å²) in [5, 5.41) is 3.73. The highest BCUT2D eigenvalue weighted by molar-refractivity contribution is 7.80.